The summed E-state index contributed by atoms with van der Waals surface area (Å²) in [6.07, 6.45) is 7.03. The number of likely N-dealkylation sites (N-methyl/N-ethyl adjacent to an activating group) is 1. The van der Waals surface area contributed by atoms with Gasteiger partial charge < -0.3 is 10.0 Å². The first kappa shape index (κ1) is 16.0. The third-order valence-corrected chi connectivity index (χ3v) is 3.52. The van der Waals surface area contributed by atoms with Crippen molar-refractivity contribution in [2.75, 3.05) is 32.7 Å². The zero-order chi connectivity index (χ0) is 14.5. The van der Waals surface area contributed by atoms with Crippen molar-refractivity contribution in [1.82, 2.24) is 9.80 Å². The molecule has 0 aromatic heterocycles. The van der Waals surface area contributed by atoms with Gasteiger partial charge in [0.15, 0.2) is 0 Å². The van der Waals surface area contributed by atoms with Crippen molar-refractivity contribution in [3.05, 3.63) is 0 Å². The predicted molar refractivity (Wildman–Crippen MR) is 76.5 cm³/mol. The molecule has 1 aliphatic heterocycles. The molecule has 0 aliphatic carbocycles. The Morgan fingerprint density at radius 2 is 2.05 bits per heavy atom. The number of likely N-dealkylation sites (tertiary alicyclic amines) is 1. The summed E-state index contributed by atoms with van der Waals surface area (Å²) in [4.78, 5) is 16.4. The van der Waals surface area contributed by atoms with Gasteiger partial charge in [-0.15, -0.1) is 6.42 Å². The van der Waals surface area contributed by atoms with E-state index in [9.17, 15) is 9.90 Å². The Bertz CT molecular complexity index is 333. The minimum Gasteiger partial charge on any atom is -0.389 e. The second kappa shape index (κ2) is 6.93. The van der Waals surface area contributed by atoms with Crippen LogP contribution in [0.2, 0.25) is 0 Å². The quantitative estimate of drug-likeness (QED) is 0.754. The summed E-state index contributed by atoms with van der Waals surface area (Å²) in [6, 6.07) is 0. The van der Waals surface area contributed by atoms with E-state index in [4.69, 9.17) is 6.42 Å². The Balaban J connectivity index is 2.51. The van der Waals surface area contributed by atoms with Gasteiger partial charge in [0, 0.05) is 19.0 Å². The van der Waals surface area contributed by atoms with Crippen LogP contribution in [0, 0.1) is 18.3 Å². The molecule has 4 nitrogen and oxygen atoms in total. The van der Waals surface area contributed by atoms with Gasteiger partial charge in [-0.3, -0.25) is 9.69 Å². The number of aliphatic hydroxyl groups is 1. The molecule has 0 unspecified atom stereocenters. The number of hydrogen-bond acceptors (Lipinski definition) is 3. The van der Waals surface area contributed by atoms with Gasteiger partial charge in [0.25, 0.3) is 0 Å². The zero-order valence-electron chi connectivity index (χ0n) is 12.4. The van der Waals surface area contributed by atoms with Crippen LogP contribution in [0.15, 0.2) is 0 Å². The molecule has 0 radical (unpaired) electrons. The second-order valence-electron chi connectivity index (χ2n) is 5.92. The maximum Gasteiger partial charge on any atom is 0.225 e. The second-order valence-corrected chi connectivity index (χ2v) is 5.92. The normalized spacial score (nSPS) is 18.1. The van der Waals surface area contributed by atoms with E-state index >= 15 is 0 Å². The molecule has 0 saturated carbocycles. The minimum atomic E-state index is -0.837. The van der Waals surface area contributed by atoms with Gasteiger partial charge >= 0.3 is 0 Å². The monoisotopic (exact) mass is 266 g/mol. The van der Waals surface area contributed by atoms with E-state index in [1.807, 2.05) is 6.92 Å². The van der Waals surface area contributed by atoms with Crippen LogP contribution in [0.5, 0.6) is 0 Å². The van der Waals surface area contributed by atoms with Crippen LogP contribution in [-0.2, 0) is 4.79 Å². The summed E-state index contributed by atoms with van der Waals surface area (Å²) in [5.41, 5.74) is -0.837. The molecule has 1 amide bonds. The maximum atomic E-state index is 12.4. The Labute approximate surface area is 116 Å². The summed E-state index contributed by atoms with van der Waals surface area (Å²) < 4.78 is 0. The number of terminal acetylenes is 1. The molecular weight excluding hydrogens is 240 g/mol. The molecule has 0 spiro atoms. The number of hydrogen-bond donors (Lipinski definition) is 1. The van der Waals surface area contributed by atoms with E-state index in [0.717, 1.165) is 25.9 Å². The standard InChI is InChI=1S/C15H26N2O2/c1-5-9-16-10-7-13(8-11-16)14(18)17(6-2)12-15(3,4)19/h1,13,19H,6-12H2,2-4H3. The molecule has 1 heterocycles. The van der Waals surface area contributed by atoms with Crippen LogP contribution in [0.3, 0.4) is 0 Å². The third-order valence-electron chi connectivity index (χ3n) is 3.52. The zero-order valence-corrected chi connectivity index (χ0v) is 12.4. The van der Waals surface area contributed by atoms with E-state index in [2.05, 4.69) is 10.8 Å². The van der Waals surface area contributed by atoms with Crippen LogP contribution in [-0.4, -0.2) is 59.1 Å². The highest BCUT2D eigenvalue weighted by molar-refractivity contribution is 5.79. The van der Waals surface area contributed by atoms with E-state index in [0.29, 0.717) is 19.6 Å². The first-order valence-electron chi connectivity index (χ1n) is 7.04. The SMILES string of the molecule is C#CCN1CCC(C(=O)N(CC)CC(C)(C)O)CC1. The average Bonchev–Trinajstić information content (AvgIpc) is 2.35. The van der Waals surface area contributed by atoms with E-state index in [-0.39, 0.29) is 11.8 Å². The van der Waals surface area contributed by atoms with Gasteiger partial charge in [-0.1, -0.05) is 5.92 Å². The molecule has 1 rings (SSSR count). The van der Waals surface area contributed by atoms with Gasteiger partial charge in [0.2, 0.25) is 5.91 Å². The number of amides is 1. The smallest absolute Gasteiger partial charge is 0.225 e. The Hall–Kier alpha value is -1.05. The highest BCUT2D eigenvalue weighted by Crippen LogP contribution is 2.20. The minimum absolute atomic E-state index is 0.0799. The summed E-state index contributed by atoms with van der Waals surface area (Å²) in [5.74, 6) is 2.90. The Morgan fingerprint density at radius 3 is 2.47 bits per heavy atom. The van der Waals surface area contributed by atoms with Gasteiger partial charge in [0.05, 0.1) is 12.1 Å². The van der Waals surface area contributed by atoms with Gasteiger partial charge in [0.1, 0.15) is 0 Å². The van der Waals surface area contributed by atoms with Crippen LogP contribution >= 0.6 is 0 Å². The number of piperidine rings is 1. The fraction of sp³-hybridized carbons (Fsp3) is 0.800. The molecule has 0 bridgehead atoms. The third kappa shape index (κ3) is 5.22. The van der Waals surface area contributed by atoms with Crippen molar-refractivity contribution in [2.24, 2.45) is 5.92 Å². The number of carbonyl (C=O) groups is 1. The molecule has 0 aromatic carbocycles. The topological polar surface area (TPSA) is 43.8 Å². The molecular formula is C15H26N2O2. The van der Waals surface area contributed by atoms with Crippen LogP contribution < -0.4 is 0 Å². The lowest BCUT2D eigenvalue weighted by Gasteiger charge is -2.35. The van der Waals surface area contributed by atoms with Crippen LogP contribution in [0.25, 0.3) is 0 Å². The van der Waals surface area contributed by atoms with Crippen molar-refractivity contribution in [3.63, 3.8) is 0 Å². The molecule has 4 heteroatoms. The first-order chi connectivity index (χ1) is 8.87. The van der Waals surface area contributed by atoms with Crippen molar-refractivity contribution in [1.29, 1.82) is 0 Å². The van der Waals surface area contributed by atoms with Crippen LogP contribution in [0.1, 0.15) is 33.6 Å². The molecule has 1 fully saturated rings. The lowest BCUT2D eigenvalue weighted by Crippen LogP contribution is -2.47. The van der Waals surface area contributed by atoms with E-state index in [1.165, 1.54) is 0 Å². The number of carbonyl (C=O) groups excluding carboxylic acids is 1. The van der Waals surface area contributed by atoms with Crippen molar-refractivity contribution in [2.45, 2.75) is 39.2 Å². The Kier molecular flexibility index (Phi) is 5.84. The Morgan fingerprint density at radius 1 is 1.47 bits per heavy atom. The fourth-order valence-corrected chi connectivity index (χ4v) is 2.54. The number of rotatable bonds is 5. The largest absolute Gasteiger partial charge is 0.389 e. The van der Waals surface area contributed by atoms with Crippen LogP contribution in [0.4, 0.5) is 0 Å². The van der Waals surface area contributed by atoms with Gasteiger partial charge in [-0.2, -0.15) is 0 Å². The molecule has 0 atom stereocenters. The molecule has 19 heavy (non-hydrogen) atoms. The predicted octanol–water partition coefficient (Wildman–Crippen LogP) is 0.951. The summed E-state index contributed by atoms with van der Waals surface area (Å²) in [7, 11) is 0. The van der Waals surface area contributed by atoms with Crippen molar-refractivity contribution < 1.29 is 9.90 Å². The molecule has 1 saturated heterocycles. The first-order valence-corrected chi connectivity index (χ1v) is 7.04. The summed E-state index contributed by atoms with van der Waals surface area (Å²) in [5, 5.41) is 9.85. The average molecular weight is 266 g/mol. The molecule has 108 valence electrons. The number of nitrogens with zero attached hydrogens (tertiary/aromatic N) is 2. The maximum absolute atomic E-state index is 12.4. The lowest BCUT2D eigenvalue weighted by molar-refractivity contribution is -0.139. The molecule has 1 aliphatic rings. The van der Waals surface area contributed by atoms with Crippen molar-refractivity contribution >= 4 is 5.91 Å². The van der Waals surface area contributed by atoms with E-state index < -0.39 is 5.60 Å². The highest BCUT2D eigenvalue weighted by atomic mass is 16.3. The van der Waals surface area contributed by atoms with Gasteiger partial charge in [-0.05, 0) is 46.7 Å². The lowest BCUT2D eigenvalue weighted by atomic mass is 9.94. The van der Waals surface area contributed by atoms with Crippen molar-refractivity contribution in [3.8, 4) is 12.3 Å². The molecule has 1 N–H and O–H groups in total. The molecule has 0 aromatic rings. The summed E-state index contributed by atoms with van der Waals surface area (Å²) in [6.45, 7) is 8.91. The van der Waals surface area contributed by atoms with E-state index in [1.54, 1.807) is 18.7 Å². The summed E-state index contributed by atoms with van der Waals surface area (Å²) >= 11 is 0. The highest BCUT2D eigenvalue weighted by Gasteiger charge is 2.29. The van der Waals surface area contributed by atoms with Gasteiger partial charge in [-0.25, -0.2) is 0 Å². The fourth-order valence-electron chi connectivity index (χ4n) is 2.54.